The van der Waals surface area contributed by atoms with E-state index in [1.165, 1.54) is 46.9 Å². The Balaban J connectivity index is 1.49. The van der Waals surface area contributed by atoms with Crippen molar-refractivity contribution < 1.29 is 31.1 Å². The standard InChI is InChI=1S/C21H17F3N4O4S/c22-21(23,24)14-1-3-15(4-2-14)32-16-5-7-17(8-6-16)33(30,31)28-10-9-13-11-26-20(19(25)29)27-18(13)12-28/h1-8,11H,9-10,12H2,(H2,25,29). The summed E-state index contributed by atoms with van der Waals surface area (Å²) in [5, 5.41) is 0. The summed E-state index contributed by atoms with van der Waals surface area (Å²) >= 11 is 0. The van der Waals surface area contributed by atoms with E-state index in [9.17, 15) is 26.4 Å². The average Bonchev–Trinajstić information content (AvgIpc) is 2.78. The predicted molar refractivity (Wildman–Crippen MR) is 110 cm³/mol. The van der Waals surface area contributed by atoms with Crippen LogP contribution in [-0.2, 0) is 29.2 Å². The quantitative estimate of drug-likeness (QED) is 0.603. The van der Waals surface area contributed by atoms with Crippen molar-refractivity contribution in [3.05, 3.63) is 77.4 Å². The minimum absolute atomic E-state index is 0.00917. The minimum Gasteiger partial charge on any atom is -0.457 e. The number of primary amides is 1. The van der Waals surface area contributed by atoms with Gasteiger partial charge >= 0.3 is 6.18 Å². The first kappa shape index (κ1) is 22.7. The molecule has 0 unspecified atom stereocenters. The van der Waals surface area contributed by atoms with Gasteiger partial charge in [-0.3, -0.25) is 4.79 Å². The molecule has 8 nitrogen and oxygen atoms in total. The van der Waals surface area contributed by atoms with Crippen LogP contribution in [-0.4, -0.2) is 35.1 Å². The summed E-state index contributed by atoms with van der Waals surface area (Å²) in [6.07, 6.45) is -2.60. The van der Waals surface area contributed by atoms with Crippen molar-refractivity contribution in [3.8, 4) is 11.5 Å². The first-order valence-electron chi connectivity index (χ1n) is 9.64. The van der Waals surface area contributed by atoms with Gasteiger partial charge in [-0.15, -0.1) is 0 Å². The molecule has 12 heteroatoms. The number of carbonyl (C=O) groups excluding carboxylic acids is 1. The van der Waals surface area contributed by atoms with Crippen molar-refractivity contribution in [3.63, 3.8) is 0 Å². The van der Waals surface area contributed by atoms with E-state index in [0.717, 1.165) is 17.7 Å². The highest BCUT2D eigenvalue weighted by Crippen LogP contribution is 2.32. The normalized spacial score (nSPS) is 14.5. The summed E-state index contributed by atoms with van der Waals surface area (Å²) in [7, 11) is -3.87. The molecule has 0 atom stereocenters. The van der Waals surface area contributed by atoms with Crippen LogP contribution < -0.4 is 10.5 Å². The van der Waals surface area contributed by atoms with Crippen LogP contribution in [0.1, 0.15) is 27.4 Å². The van der Waals surface area contributed by atoms with Crippen LogP contribution >= 0.6 is 0 Å². The van der Waals surface area contributed by atoms with Crippen molar-refractivity contribution in [2.75, 3.05) is 6.54 Å². The predicted octanol–water partition coefficient (Wildman–Crippen LogP) is 3.13. The van der Waals surface area contributed by atoms with Crippen LogP contribution in [0.5, 0.6) is 11.5 Å². The van der Waals surface area contributed by atoms with Gasteiger partial charge in [-0.1, -0.05) is 0 Å². The van der Waals surface area contributed by atoms with E-state index in [1.54, 1.807) is 0 Å². The number of aromatic nitrogens is 2. The molecule has 1 aromatic heterocycles. The van der Waals surface area contributed by atoms with Crippen LogP contribution in [0.3, 0.4) is 0 Å². The van der Waals surface area contributed by atoms with E-state index in [0.29, 0.717) is 12.1 Å². The molecule has 4 rings (SSSR count). The molecule has 0 saturated carbocycles. The van der Waals surface area contributed by atoms with Gasteiger partial charge < -0.3 is 10.5 Å². The Labute approximate surface area is 186 Å². The molecule has 0 saturated heterocycles. The van der Waals surface area contributed by atoms with Gasteiger partial charge in [-0.25, -0.2) is 18.4 Å². The Hall–Kier alpha value is -3.51. The lowest BCUT2D eigenvalue weighted by molar-refractivity contribution is -0.137. The van der Waals surface area contributed by atoms with Crippen molar-refractivity contribution in [2.45, 2.75) is 24.0 Å². The fraction of sp³-hybridized carbons (Fsp3) is 0.190. The molecule has 2 N–H and O–H groups in total. The largest absolute Gasteiger partial charge is 0.457 e. The second kappa shape index (κ2) is 8.45. The van der Waals surface area contributed by atoms with E-state index >= 15 is 0 Å². The topological polar surface area (TPSA) is 115 Å². The zero-order chi connectivity index (χ0) is 23.8. The minimum atomic E-state index is -4.45. The summed E-state index contributed by atoms with van der Waals surface area (Å²) in [5.41, 5.74) is 5.55. The van der Waals surface area contributed by atoms with Gasteiger partial charge in [0.15, 0.2) is 0 Å². The highest BCUT2D eigenvalue weighted by atomic mass is 32.2. The first-order valence-corrected chi connectivity index (χ1v) is 11.1. The molecule has 0 spiro atoms. The van der Waals surface area contributed by atoms with Crippen molar-refractivity contribution in [1.29, 1.82) is 0 Å². The number of nitrogens with zero attached hydrogens (tertiary/aromatic N) is 3. The Morgan fingerprint density at radius 2 is 1.64 bits per heavy atom. The second-order valence-corrected chi connectivity index (χ2v) is 9.15. The van der Waals surface area contributed by atoms with E-state index in [1.807, 2.05) is 0 Å². The lowest BCUT2D eigenvalue weighted by atomic mass is 10.1. The molecule has 1 aliphatic heterocycles. The lowest BCUT2D eigenvalue weighted by Gasteiger charge is -2.27. The number of ether oxygens (including phenoxy) is 1. The molecule has 0 fully saturated rings. The zero-order valence-electron chi connectivity index (χ0n) is 16.9. The van der Waals surface area contributed by atoms with E-state index in [2.05, 4.69) is 9.97 Å². The third-order valence-electron chi connectivity index (χ3n) is 5.01. The summed E-state index contributed by atoms with van der Waals surface area (Å²) in [5.74, 6) is -0.549. The van der Waals surface area contributed by atoms with Crippen LogP contribution in [0, 0.1) is 0 Å². The number of benzene rings is 2. The van der Waals surface area contributed by atoms with Gasteiger partial charge in [0.2, 0.25) is 15.8 Å². The number of rotatable bonds is 5. The molecule has 0 bridgehead atoms. The third kappa shape index (κ3) is 4.81. The number of amides is 1. The molecular weight excluding hydrogens is 461 g/mol. The highest BCUT2D eigenvalue weighted by Gasteiger charge is 2.31. The van der Waals surface area contributed by atoms with E-state index in [-0.39, 0.29) is 35.3 Å². The number of hydrogen-bond acceptors (Lipinski definition) is 6. The van der Waals surface area contributed by atoms with Gasteiger partial charge in [0, 0.05) is 12.7 Å². The maximum absolute atomic E-state index is 13.1. The lowest BCUT2D eigenvalue weighted by Crippen LogP contribution is -2.37. The maximum Gasteiger partial charge on any atom is 0.416 e. The SMILES string of the molecule is NC(=O)c1ncc2c(n1)CN(S(=O)(=O)c1ccc(Oc3ccc(C(F)(F)F)cc3)cc1)CC2. The molecule has 0 radical (unpaired) electrons. The molecule has 3 aromatic rings. The molecule has 172 valence electrons. The first-order chi connectivity index (χ1) is 15.5. The molecular formula is C21H17F3N4O4S. The van der Waals surface area contributed by atoms with Crippen molar-refractivity contribution >= 4 is 15.9 Å². The van der Waals surface area contributed by atoms with Gasteiger partial charge in [0.05, 0.1) is 22.7 Å². The molecule has 0 aliphatic carbocycles. The molecule has 2 heterocycles. The average molecular weight is 478 g/mol. The van der Waals surface area contributed by atoms with Gasteiger partial charge in [0.1, 0.15) is 11.5 Å². The van der Waals surface area contributed by atoms with Crippen LogP contribution in [0.2, 0.25) is 0 Å². The fourth-order valence-electron chi connectivity index (χ4n) is 3.28. The smallest absolute Gasteiger partial charge is 0.416 e. The Bertz CT molecular complexity index is 1290. The second-order valence-electron chi connectivity index (χ2n) is 7.21. The van der Waals surface area contributed by atoms with E-state index < -0.39 is 27.7 Å². The fourth-order valence-corrected chi connectivity index (χ4v) is 4.68. The molecule has 33 heavy (non-hydrogen) atoms. The van der Waals surface area contributed by atoms with Crippen molar-refractivity contribution in [1.82, 2.24) is 14.3 Å². The number of halogens is 3. The van der Waals surface area contributed by atoms with Crippen molar-refractivity contribution in [2.24, 2.45) is 5.73 Å². The zero-order valence-corrected chi connectivity index (χ0v) is 17.7. The number of fused-ring (bicyclic) bond motifs is 1. The van der Waals surface area contributed by atoms with Crippen LogP contribution in [0.25, 0.3) is 0 Å². The number of nitrogens with two attached hydrogens (primary N) is 1. The number of carbonyl (C=O) groups is 1. The van der Waals surface area contributed by atoms with Gasteiger partial charge in [0.25, 0.3) is 5.91 Å². The molecule has 1 aliphatic rings. The maximum atomic E-state index is 13.1. The Kier molecular flexibility index (Phi) is 5.80. The monoisotopic (exact) mass is 478 g/mol. The molecule has 1 amide bonds. The van der Waals surface area contributed by atoms with Gasteiger partial charge in [-0.2, -0.15) is 17.5 Å². The van der Waals surface area contributed by atoms with Crippen LogP contribution in [0.4, 0.5) is 13.2 Å². The number of sulfonamides is 1. The van der Waals surface area contributed by atoms with Gasteiger partial charge in [-0.05, 0) is 60.5 Å². The third-order valence-corrected chi connectivity index (χ3v) is 6.87. The summed E-state index contributed by atoms with van der Waals surface area (Å²) in [4.78, 5) is 19.3. The van der Waals surface area contributed by atoms with E-state index in [4.69, 9.17) is 10.5 Å². The summed E-state index contributed by atoms with van der Waals surface area (Å²) < 4.78 is 70.9. The Morgan fingerprint density at radius 3 is 2.21 bits per heavy atom. The number of alkyl halides is 3. The molecule has 2 aromatic carbocycles. The summed E-state index contributed by atoms with van der Waals surface area (Å²) in [6, 6.07) is 9.68. The number of hydrogen-bond donors (Lipinski definition) is 1. The summed E-state index contributed by atoms with van der Waals surface area (Å²) in [6.45, 7) is 0.169. The highest BCUT2D eigenvalue weighted by molar-refractivity contribution is 7.89. The Morgan fingerprint density at radius 1 is 1.03 bits per heavy atom. The van der Waals surface area contributed by atoms with Crippen LogP contribution in [0.15, 0.2) is 59.6 Å².